The van der Waals surface area contributed by atoms with Gasteiger partial charge in [-0.25, -0.2) is 4.79 Å². The number of hydrogen-bond donors (Lipinski definition) is 2. The summed E-state index contributed by atoms with van der Waals surface area (Å²) in [5, 5.41) is 12.3. The van der Waals surface area contributed by atoms with Crippen LogP contribution in [0.2, 0.25) is 5.02 Å². The molecule has 1 atom stereocenters. The molecule has 0 aliphatic heterocycles. The number of hydrogen-bond acceptors (Lipinski definition) is 2. The molecule has 0 saturated carbocycles. The van der Waals surface area contributed by atoms with E-state index in [1.807, 2.05) is 0 Å². The van der Waals surface area contributed by atoms with E-state index in [0.717, 1.165) is 5.56 Å². The average molecular weight is 284 g/mol. The third-order valence-corrected chi connectivity index (χ3v) is 2.95. The summed E-state index contributed by atoms with van der Waals surface area (Å²) in [6.07, 6.45) is 0.136. The Morgan fingerprint density at radius 3 is 2.21 bits per heavy atom. The fourth-order valence-electron chi connectivity index (χ4n) is 1.65. The second-order valence-corrected chi connectivity index (χ2v) is 5.94. The molecule has 2 N–H and O–H groups in total. The Bertz CT molecular complexity index is 463. The monoisotopic (exact) mass is 283 g/mol. The van der Waals surface area contributed by atoms with Gasteiger partial charge >= 0.3 is 5.97 Å². The van der Waals surface area contributed by atoms with Crippen LogP contribution in [0.4, 0.5) is 0 Å². The van der Waals surface area contributed by atoms with E-state index in [-0.39, 0.29) is 12.3 Å². The minimum atomic E-state index is -1.03. The molecule has 0 bridgehead atoms. The largest absolute Gasteiger partial charge is 0.480 e. The fraction of sp³-hybridized carbons (Fsp3) is 0.429. The van der Waals surface area contributed by atoms with Crippen LogP contribution in [0.25, 0.3) is 0 Å². The number of carboxylic acids is 1. The second-order valence-electron chi connectivity index (χ2n) is 5.51. The van der Waals surface area contributed by atoms with Crippen molar-refractivity contribution in [1.82, 2.24) is 5.32 Å². The highest BCUT2D eigenvalue weighted by atomic mass is 35.5. The van der Waals surface area contributed by atoms with E-state index in [1.54, 1.807) is 45.0 Å². The van der Waals surface area contributed by atoms with Crippen LogP contribution in [-0.2, 0) is 16.0 Å². The van der Waals surface area contributed by atoms with Gasteiger partial charge in [0.1, 0.15) is 6.04 Å². The van der Waals surface area contributed by atoms with E-state index < -0.39 is 17.4 Å². The summed E-state index contributed by atoms with van der Waals surface area (Å²) in [5.74, 6) is -1.35. The molecule has 0 heterocycles. The molecule has 0 spiro atoms. The van der Waals surface area contributed by atoms with Crippen LogP contribution in [0.3, 0.4) is 0 Å². The van der Waals surface area contributed by atoms with Crippen molar-refractivity contribution in [2.45, 2.75) is 33.2 Å². The van der Waals surface area contributed by atoms with Gasteiger partial charge in [0.2, 0.25) is 5.91 Å². The molecular weight excluding hydrogens is 266 g/mol. The molecule has 0 aromatic heterocycles. The number of rotatable bonds is 4. The van der Waals surface area contributed by atoms with Gasteiger partial charge in [0.05, 0.1) is 6.42 Å². The SMILES string of the molecule is CC(C)(C)[C@@H](NC(=O)Cc1ccc(Cl)cc1)C(=O)O. The quantitative estimate of drug-likeness (QED) is 0.892. The molecule has 0 aliphatic rings. The lowest BCUT2D eigenvalue weighted by molar-refractivity contribution is -0.144. The Morgan fingerprint density at radius 2 is 1.79 bits per heavy atom. The number of carbonyl (C=O) groups is 2. The summed E-state index contributed by atoms with van der Waals surface area (Å²) in [6.45, 7) is 5.32. The van der Waals surface area contributed by atoms with E-state index >= 15 is 0 Å². The van der Waals surface area contributed by atoms with Gasteiger partial charge in [0.25, 0.3) is 0 Å². The summed E-state index contributed by atoms with van der Waals surface area (Å²) in [6, 6.07) is 5.97. The van der Waals surface area contributed by atoms with E-state index in [9.17, 15) is 9.59 Å². The Morgan fingerprint density at radius 1 is 1.26 bits per heavy atom. The topological polar surface area (TPSA) is 66.4 Å². The maximum atomic E-state index is 11.9. The van der Waals surface area contributed by atoms with Gasteiger partial charge in [-0.1, -0.05) is 44.5 Å². The number of carboxylic acid groups (broad SMARTS) is 1. The maximum absolute atomic E-state index is 11.9. The predicted molar refractivity (Wildman–Crippen MR) is 74.2 cm³/mol. The summed E-state index contributed by atoms with van der Waals surface area (Å²) in [7, 11) is 0. The lowest BCUT2D eigenvalue weighted by Gasteiger charge is -2.27. The summed E-state index contributed by atoms with van der Waals surface area (Å²) < 4.78 is 0. The first kappa shape index (κ1) is 15.5. The van der Waals surface area contributed by atoms with Crippen LogP contribution >= 0.6 is 11.6 Å². The van der Waals surface area contributed by atoms with Crippen molar-refractivity contribution in [3.8, 4) is 0 Å². The van der Waals surface area contributed by atoms with Crippen LogP contribution in [-0.4, -0.2) is 23.0 Å². The molecule has 0 radical (unpaired) electrons. The molecule has 19 heavy (non-hydrogen) atoms. The summed E-state index contributed by atoms with van der Waals surface area (Å²) in [4.78, 5) is 23.0. The van der Waals surface area contributed by atoms with Crippen molar-refractivity contribution in [1.29, 1.82) is 0 Å². The Balaban J connectivity index is 2.68. The molecule has 104 valence electrons. The molecule has 0 saturated heterocycles. The molecule has 1 rings (SSSR count). The van der Waals surface area contributed by atoms with Crippen LogP contribution < -0.4 is 5.32 Å². The van der Waals surface area contributed by atoms with Crippen molar-refractivity contribution >= 4 is 23.5 Å². The van der Waals surface area contributed by atoms with Gasteiger partial charge in [-0.2, -0.15) is 0 Å². The highest BCUT2D eigenvalue weighted by Gasteiger charge is 2.32. The van der Waals surface area contributed by atoms with E-state index in [4.69, 9.17) is 16.7 Å². The molecule has 0 aliphatic carbocycles. The summed E-state index contributed by atoms with van der Waals surface area (Å²) in [5.41, 5.74) is 0.251. The Labute approximate surface area is 117 Å². The molecule has 0 unspecified atom stereocenters. The van der Waals surface area contributed by atoms with Crippen LogP contribution in [0.1, 0.15) is 26.3 Å². The van der Waals surface area contributed by atoms with Gasteiger partial charge in [0.15, 0.2) is 0 Å². The van der Waals surface area contributed by atoms with Crippen LogP contribution in [0.5, 0.6) is 0 Å². The van der Waals surface area contributed by atoms with Gasteiger partial charge in [0, 0.05) is 5.02 Å². The Kier molecular flexibility index (Phi) is 4.95. The zero-order valence-electron chi connectivity index (χ0n) is 11.2. The number of carbonyl (C=O) groups excluding carboxylic acids is 1. The van der Waals surface area contributed by atoms with Crippen molar-refractivity contribution < 1.29 is 14.7 Å². The first-order chi connectivity index (χ1) is 8.70. The molecule has 5 heteroatoms. The van der Waals surface area contributed by atoms with Gasteiger partial charge in [-0.3, -0.25) is 4.79 Å². The van der Waals surface area contributed by atoms with Crippen molar-refractivity contribution in [3.05, 3.63) is 34.9 Å². The minimum absolute atomic E-state index is 0.136. The second kappa shape index (κ2) is 6.06. The Hall–Kier alpha value is -1.55. The van der Waals surface area contributed by atoms with Gasteiger partial charge < -0.3 is 10.4 Å². The molecule has 1 amide bonds. The number of aliphatic carboxylic acids is 1. The number of amides is 1. The summed E-state index contributed by atoms with van der Waals surface area (Å²) >= 11 is 5.76. The highest BCUT2D eigenvalue weighted by molar-refractivity contribution is 6.30. The van der Waals surface area contributed by atoms with E-state index in [0.29, 0.717) is 5.02 Å². The normalized spacial score (nSPS) is 12.8. The first-order valence-electron chi connectivity index (χ1n) is 5.97. The van der Waals surface area contributed by atoms with Crippen molar-refractivity contribution in [2.75, 3.05) is 0 Å². The lowest BCUT2D eigenvalue weighted by atomic mass is 9.86. The van der Waals surface area contributed by atoms with Crippen LogP contribution in [0.15, 0.2) is 24.3 Å². The van der Waals surface area contributed by atoms with E-state index in [2.05, 4.69) is 5.32 Å². The molecule has 1 aromatic carbocycles. The predicted octanol–water partition coefficient (Wildman–Crippen LogP) is 2.50. The standard InChI is InChI=1S/C14H18ClNO3/c1-14(2,3)12(13(18)19)16-11(17)8-9-4-6-10(15)7-5-9/h4-7,12H,8H2,1-3H3,(H,16,17)(H,18,19)/t12-/m0/s1. The average Bonchev–Trinajstić information content (AvgIpc) is 2.27. The molecular formula is C14H18ClNO3. The zero-order valence-corrected chi connectivity index (χ0v) is 12.0. The molecule has 4 nitrogen and oxygen atoms in total. The van der Waals surface area contributed by atoms with Crippen LogP contribution in [0, 0.1) is 5.41 Å². The third kappa shape index (κ3) is 4.91. The number of nitrogens with one attached hydrogen (secondary N) is 1. The van der Waals surface area contributed by atoms with E-state index in [1.165, 1.54) is 0 Å². The zero-order chi connectivity index (χ0) is 14.6. The van der Waals surface area contributed by atoms with Gasteiger partial charge in [-0.15, -0.1) is 0 Å². The molecule has 0 fully saturated rings. The van der Waals surface area contributed by atoms with Gasteiger partial charge in [-0.05, 0) is 23.1 Å². The number of halogens is 1. The van der Waals surface area contributed by atoms with Crippen molar-refractivity contribution in [2.24, 2.45) is 5.41 Å². The van der Waals surface area contributed by atoms with Crippen molar-refractivity contribution in [3.63, 3.8) is 0 Å². The maximum Gasteiger partial charge on any atom is 0.326 e. The minimum Gasteiger partial charge on any atom is -0.480 e. The third-order valence-electron chi connectivity index (χ3n) is 2.70. The smallest absolute Gasteiger partial charge is 0.326 e. The highest BCUT2D eigenvalue weighted by Crippen LogP contribution is 2.19. The molecule has 1 aromatic rings. The fourth-order valence-corrected chi connectivity index (χ4v) is 1.77. The number of benzene rings is 1. The lowest BCUT2D eigenvalue weighted by Crippen LogP contribution is -2.49. The first-order valence-corrected chi connectivity index (χ1v) is 6.34.